The highest BCUT2D eigenvalue weighted by Crippen LogP contribution is 2.19. The fraction of sp³-hybridized carbons (Fsp3) is 0.133. The number of hydrogen-bond acceptors (Lipinski definition) is 4. The first-order valence-corrected chi connectivity index (χ1v) is 9.27. The predicted octanol–water partition coefficient (Wildman–Crippen LogP) is 3.06. The molecule has 0 atom stereocenters. The maximum atomic E-state index is 12.1. The van der Waals surface area contributed by atoms with E-state index in [0.717, 1.165) is 11.2 Å². The van der Waals surface area contributed by atoms with Gasteiger partial charge in [0.25, 0.3) is 5.91 Å². The van der Waals surface area contributed by atoms with Gasteiger partial charge in [-0.1, -0.05) is 6.07 Å². The van der Waals surface area contributed by atoms with Gasteiger partial charge in [0.15, 0.2) is 9.84 Å². The molecule has 110 valence electrons. The molecule has 0 radical (unpaired) electrons. The van der Waals surface area contributed by atoms with E-state index >= 15 is 0 Å². The topological polar surface area (TPSA) is 63.2 Å². The summed E-state index contributed by atoms with van der Waals surface area (Å²) < 4.78 is 22.7. The Labute approximate surface area is 128 Å². The first-order chi connectivity index (χ1) is 9.90. The number of nitrogens with one attached hydrogen (secondary N) is 1. The molecule has 0 aliphatic rings. The van der Waals surface area contributed by atoms with Crippen LogP contribution in [0.3, 0.4) is 0 Å². The lowest BCUT2D eigenvalue weighted by molar-refractivity contribution is 0.102. The van der Waals surface area contributed by atoms with Crippen LogP contribution in [0.1, 0.15) is 10.4 Å². The third kappa shape index (κ3) is 4.09. The number of thioether (sulfide) groups is 1. The van der Waals surface area contributed by atoms with Gasteiger partial charge < -0.3 is 5.32 Å². The molecule has 4 nitrogen and oxygen atoms in total. The molecule has 0 heterocycles. The van der Waals surface area contributed by atoms with Crippen LogP contribution in [0.25, 0.3) is 0 Å². The van der Waals surface area contributed by atoms with Crippen LogP contribution in [0.4, 0.5) is 5.69 Å². The van der Waals surface area contributed by atoms with Crippen molar-refractivity contribution in [1.29, 1.82) is 0 Å². The van der Waals surface area contributed by atoms with Gasteiger partial charge in [-0.3, -0.25) is 4.79 Å². The zero-order valence-corrected chi connectivity index (χ0v) is 13.3. The van der Waals surface area contributed by atoms with Crippen LogP contribution in [0.2, 0.25) is 0 Å². The molecular formula is C15H15NO3S2. The molecular weight excluding hydrogens is 306 g/mol. The average Bonchev–Trinajstić information content (AvgIpc) is 2.46. The summed E-state index contributed by atoms with van der Waals surface area (Å²) in [5.41, 5.74) is 1.12. The van der Waals surface area contributed by atoms with Crippen molar-refractivity contribution in [2.75, 3.05) is 17.8 Å². The van der Waals surface area contributed by atoms with Gasteiger partial charge in [-0.2, -0.15) is 0 Å². The number of hydrogen-bond donors (Lipinski definition) is 1. The van der Waals surface area contributed by atoms with E-state index in [2.05, 4.69) is 5.32 Å². The Hall–Kier alpha value is -1.79. The maximum absolute atomic E-state index is 12.1. The molecule has 0 aliphatic carbocycles. The Morgan fingerprint density at radius 3 is 2.33 bits per heavy atom. The Morgan fingerprint density at radius 1 is 1.10 bits per heavy atom. The van der Waals surface area contributed by atoms with Gasteiger partial charge in [-0.15, -0.1) is 11.8 Å². The van der Waals surface area contributed by atoms with Gasteiger partial charge in [0.05, 0.1) is 4.90 Å². The van der Waals surface area contributed by atoms with E-state index in [0.29, 0.717) is 11.3 Å². The predicted molar refractivity (Wildman–Crippen MR) is 85.7 cm³/mol. The van der Waals surface area contributed by atoms with Crippen molar-refractivity contribution in [2.45, 2.75) is 9.79 Å². The van der Waals surface area contributed by atoms with E-state index in [1.807, 2.05) is 30.5 Å². The van der Waals surface area contributed by atoms with Crippen LogP contribution >= 0.6 is 11.8 Å². The molecule has 0 aliphatic heterocycles. The lowest BCUT2D eigenvalue weighted by Gasteiger charge is -2.07. The summed E-state index contributed by atoms with van der Waals surface area (Å²) in [7, 11) is -3.25. The summed E-state index contributed by atoms with van der Waals surface area (Å²) in [4.78, 5) is 13.4. The van der Waals surface area contributed by atoms with Crippen molar-refractivity contribution in [3.8, 4) is 0 Å². The Kier molecular flexibility index (Phi) is 4.69. The zero-order valence-electron chi connectivity index (χ0n) is 11.7. The van der Waals surface area contributed by atoms with Crippen LogP contribution in [0, 0.1) is 0 Å². The quantitative estimate of drug-likeness (QED) is 0.879. The number of rotatable bonds is 4. The summed E-state index contributed by atoms with van der Waals surface area (Å²) in [6, 6.07) is 13.4. The number of carbonyl (C=O) groups excluding carboxylic acids is 1. The molecule has 2 aromatic rings. The van der Waals surface area contributed by atoms with Crippen molar-refractivity contribution in [3.05, 3.63) is 54.1 Å². The molecule has 0 unspecified atom stereocenters. The summed E-state index contributed by atoms with van der Waals surface area (Å²) in [5.74, 6) is -0.270. The van der Waals surface area contributed by atoms with Gasteiger partial charge in [0.1, 0.15) is 0 Å². The normalized spacial score (nSPS) is 11.1. The highest BCUT2D eigenvalue weighted by molar-refractivity contribution is 7.98. The van der Waals surface area contributed by atoms with Gasteiger partial charge in [-0.05, 0) is 48.7 Å². The first-order valence-electron chi connectivity index (χ1n) is 6.15. The second-order valence-electron chi connectivity index (χ2n) is 4.48. The van der Waals surface area contributed by atoms with Crippen molar-refractivity contribution in [3.63, 3.8) is 0 Å². The van der Waals surface area contributed by atoms with Gasteiger partial charge in [0, 0.05) is 22.4 Å². The van der Waals surface area contributed by atoms with E-state index in [4.69, 9.17) is 0 Å². The number of carbonyl (C=O) groups is 1. The average molecular weight is 321 g/mol. The molecule has 6 heteroatoms. The third-order valence-corrected chi connectivity index (χ3v) is 4.73. The van der Waals surface area contributed by atoms with Gasteiger partial charge >= 0.3 is 0 Å². The van der Waals surface area contributed by atoms with Gasteiger partial charge in [-0.25, -0.2) is 8.42 Å². The molecule has 0 aromatic heterocycles. The molecule has 1 N–H and O–H groups in total. The Balaban J connectivity index is 2.16. The number of anilines is 1. The largest absolute Gasteiger partial charge is 0.322 e. The molecule has 0 spiro atoms. The van der Waals surface area contributed by atoms with Crippen molar-refractivity contribution in [1.82, 2.24) is 0 Å². The smallest absolute Gasteiger partial charge is 0.255 e. The molecule has 0 saturated carbocycles. The van der Waals surface area contributed by atoms with Crippen LogP contribution in [-0.4, -0.2) is 26.8 Å². The monoisotopic (exact) mass is 321 g/mol. The van der Waals surface area contributed by atoms with Crippen molar-refractivity contribution < 1.29 is 13.2 Å². The fourth-order valence-electron chi connectivity index (χ4n) is 1.76. The summed E-state index contributed by atoms with van der Waals surface area (Å²) in [5, 5.41) is 2.79. The van der Waals surface area contributed by atoms with E-state index < -0.39 is 9.84 Å². The van der Waals surface area contributed by atoms with Crippen LogP contribution in [0.15, 0.2) is 58.3 Å². The zero-order chi connectivity index (χ0) is 15.5. The minimum atomic E-state index is -3.25. The van der Waals surface area contributed by atoms with E-state index in [1.54, 1.807) is 11.8 Å². The van der Waals surface area contributed by atoms with E-state index in [-0.39, 0.29) is 10.8 Å². The number of benzene rings is 2. The second kappa shape index (κ2) is 6.32. The lowest BCUT2D eigenvalue weighted by Crippen LogP contribution is -2.12. The van der Waals surface area contributed by atoms with E-state index in [9.17, 15) is 13.2 Å². The number of sulfone groups is 1. The van der Waals surface area contributed by atoms with Crippen LogP contribution in [-0.2, 0) is 9.84 Å². The molecule has 1 amide bonds. The standard InChI is InChI=1S/C15H15NO3S2/c1-20-13-5-3-4-12(10-13)16-15(17)11-6-8-14(9-7-11)21(2,18)19/h3-10H,1-2H3,(H,16,17). The Bertz CT molecular complexity index is 753. The number of amides is 1. The highest BCUT2D eigenvalue weighted by Gasteiger charge is 2.10. The van der Waals surface area contributed by atoms with E-state index in [1.165, 1.54) is 24.3 Å². The SMILES string of the molecule is CSc1cccc(NC(=O)c2ccc(S(C)(=O)=O)cc2)c1. The van der Waals surface area contributed by atoms with Crippen LogP contribution in [0.5, 0.6) is 0 Å². The van der Waals surface area contributed by atoms with Crippen molar-refractivity contribution >= 4 is 33.2 Å². The highest BCUT2D eigenvalue weighted by atomic mass is 32.2. The minimum Gasteiger partial charge on any atom is -0.322 e. The third-order valence-electron chi connectivity index (χ3n) is 2.87. The maximum Gasteiger partial charge on any atom is 0.255 e. The fourth-order valence-corrected chi connectivity index (χ4v) is 2.85. The molecule has 0 bridgehead atoms. The molecule has 2 aromatic carbocycles. The summed E-state index contributed by atoms with van der Waals surface area (Å²) in [6.07, 6.45) is 3.10. The minimum absolute atomic E-state index is 0.198. The molecule has 2 rings (SSSR count). The molecule has 21 heavy (non-hydrogen) atoms. The first kappa shape index (κ1) is 15.6. The molecule has 0 fully saturated rings. The summed E-state index contributed by atoms with van der Waals surface area (Å²) >= 11 is 1.59. The van der Waals surface area contributed by atoms with Crippen molar-refractivity contribution in [2.24, 2.45) is 0 Å². The second-order valence-corrected chi connectivity index (χ2v) is 7.38. The van der Waals surface area contributed by atoms with Gasteiger partial charge in [0.2, 0.25) is 0 Å². The summed E-state index contributed by atoms with van der Waals surface area (Å²) in [6.45, 7) is 0. The van der Waals surface area contributed by atoms with Crippen LogP contribution < -0.4 is 5.32 Å². The Morgan fingerprint density at radius 2 is 1.76 bits per heavy atom. The lowest BCUT2D eigenvalue weighted by atomic mass is 10.2. The molecule has 0 saturated heterocycles.